The van der Waals surface area contributed by atoms with Crippen LogP contribution in [0.15, 0.2) is 34.9 Å². The molecule has 2 aliphatic rings. The van der Waals surface area contributed by atoms with Crippen molar-refractivity contribution >= 4 is 38.9 Å². The summed E-state index contributed by atoms with van der Waals surface area (Å²) in [6, 6.07) is 8.63. The van der Waals surface area contributed by atoms with Gasteiger partial charge in [0.2, 0.25) is 0 Å². The van der Waals surface area contributed by atoms with Gasteiger partial charge in [0.1, 0.15) is 5.60 Å². The number of rotatable bonds is 12. The Kier molecular flexibility index (Phi) is 11.8. The summed E-state index contributed by atoms with van der Waals surface area (Å²) in [6.45, 7) is 17.4. The maximum Gasteiger partial charge on any atom is 0.410 e. The van der Waals surface area contributed by atoms with Crippen LogP contribution >= 0.6 is 15.9 Å². The Balaban J connectivity index is 1.61. The van der Waals surface area contributed by atoms with E-state index in [0.717, 1.165) is 69.5 Å². The summed E-state index contributed by atoms with van der Waals surface area (Å²) in [7, 11) is 1.70. The van der Waals surface area contributed by atoms with E-state index in [9.17, 15) is 9.59 Å². The smallest absolute Gasteiger partial charge is 0.410 e. The largest absolute Gasteiger partial charge is 0.465 e. The lowest BCUT2D eigenvalue weighted by molar-refractivity contribution is -0.143. The molecule has 2 saturated heterocycles. The minimum Gasteiger partial charge on any atom is -0.465 e. The Morgan fingerprint density at radius 3 is 2.47 bits per heavy atom. The molecule has 0 saturated carbocycles. The number of likely N-dealkylation sites (tertiary alicyclic amines) is 1. The molecule has 2 fully saturated rings. The highest BCUT2D eigenvalue weighted by Gasteiger charge is 2.36. The van der Waals surface area contributed by atoms with Crippen LogP contribution in [-0.4, -0.2) is 84.8 Å². The molecule has 268 valence electrons. The highest BCUT2D eigenvalue weighted by molar-refractivity contribution is 9.10. The predicted molar refractivity (Wildman–Crippen MR) is 193 cm³/mol. The van der Waals surface area contributed by atoms with Crippen LogP contribution in [0.2, 0.25) is 0 Å². The molecule has 1 atom stereocenters. The summed E-state index contributed by atoms with van der Waals surface area (Å²) in [5.74, 6) is -0.170. The van der Waals surface area contributed by atoms with E-state index in [2.05, 4.69) is 58.6 Å². The maximum atomic E-state index is 12.8. The molecule has 0 N–H and O–H groups in total. The molecule has 0 spiro atoms. The van der Waals surface area contributed by atoms with Crippen molar-refractivity contribution in [1.29, 1.82) is 0 Å². The van der Waals surface area contributed by atoms with E-state index in [1.807, 2.05) is 33.9 Å². The van der Waals surface area contributed by atoms with Crippen LogP contribution < -0.4 is 0 Å². The van der Waals surface area contributed by atoms with Crippen LogP contribution in [0.4, 0.5) is 4.79 Å². The monoisotopic (exact) mass is 741 g/mol. The van der Waals surface area contributed by atoms with Crippen LogP contribution in [0.25, 0.3) is 22.2 Å². The minimum atomic E-state index is -0.550. The van der Waals surface area contributed by atoms with Crippen molar-refractivity contribution in [2.75, 3.05) is 46.6 Å². The summed E-state index contributed by atoms with van der Waals surface area (Å²) in [5, 5.41) is 1.12. The van der Waals surface area contributed by atoms with Gasteiger partial charge >= 0.3 is 12.1 Å². The lowest BCUT2D eigenvalue weighted by Gasteiger charge is -2.40. The van der Waals surface area contributed by atoms with Crippen molar-refractivity contribution in [3.63, 3.8) is 0 Å². The van der Waals surface area contributed by atoms with Crippen molar-refractivity contribution in [2.45, 2.75) is 98.0 Å². The minimum absolute atomic E-state index is 0.123. The number of nitrogens with zero attached hydrogens (tertiary/aromatic N) is 3. The summed E-state index contributed by atoms with van der Waals surface area (Å²) >= 11 is 3.73. The van der Waals surface area contributed by atoms with E-state index < -0.39 is 5.60 Å². The molecule has 11 heteroatoms. The number of ether oxygens (including phenoxy) is 5. The third kappa shape index (κ3) is 9.22. The predicted octanol–water partition coefficient (Wildman–Crippen LogP) is 7.83. The molecular formula is C38H52BrN3O7. The van der Waals surface area contributed by atoms with Gasteiger partial charge < -0.3 is 33.2 Å². The highest BCUT2D eigenvalue weighted by atomic mass is 79.9. The Morgan fingerprint density at radius 2 is 1.82 bits per heavy atom. The summed E-state index contributed by atoms with van der Waals surface area (Å²) < 4.78 is 32.4. The first-order chi connectivity index (χ1) is 23.2. The molecule has 0 unspecified atom stereocenters. The summed E-state index contributed by atoms with van der Waals surface area (Å²) in [6.07, 6.45) is 3.97. The number of halogens is 1. The maximum absolute atomic E-state index is 12.8. The van der Waals surface area contributed by atoms with Gasteiger partial charge in [-0.05, 0) is 82.3 Å². The van der Waals surface area contributed by atoms with Crippen LogP contribution in [0.5, 0.6) is 0 Å². The van der Waals surface area contributed by atoms with E-state index in [1.165, 1.54) is 6.92 Å². The quantitative estimate of drug-likeness (QED) is 0.173. The van der Waals surface area contributed by atoms with Gasteiger partial charge in [0.05, 0.1) is 36.8 Å². The number of hydrogen-bond acceptors (Lipinski definition) is 8. The van der Waals surface area contributed by atoms with Crippen LogP contribution in [-0.2, 0) is 41.4 Å². The third-order valence-electron chi connectivity index (χ3n) is 9.23. The Morgan fingerprint density at radius 1 is 1.10 bits per heavy atom. The fraction of sp³-hybridized carbons (Fsp3) is 0.605. The number of carbonyl (C=O) groups excluding carboxylic acids is 2. The fourth-order valence-corrected chi connectivity index (χ4v) is 6.96. The van der Waals surface area contributed by atoms with Crippen molar-refractivity contribution in [2.24, 2.45) is 5.41 Å². The SMILES string of the molecule is CO[C@@H](C)c1ncc(C2CN(C(=O)OC(C)(C)C)C2)cc1-c1c(CC(C)(C)COC(C)=O)c2cc(Br)ccc2n1CCOC1CCOCC1. The number of carbonyl (C=O) groups is 2. The van der Waals surface area contributed by atoms with E-state index in [1.54, 1.807) is 12.0 Å². The molecule has 2 aromatic heterocycles. The standard InChI is InChI=1S/C38H52BrN3O7/c1-24(45-8)34-31(17-26(20-40-34)27-21-41(22-27)36(44)49-37(3,4)5)35-32(19-38(6,7)23-48-25(2)43)30-18-28(39)9-10-33(30)42(35)13-16-47-29-11-14-46-15-12-29/h9-10,17-18,20,24,27,29H,11-16,19,21-23H2,1-8H3/t24-/m0/s1. The van der Waals surface area contributed by atoms with Gasteiger partial charge in [0.25, 0.3) is 0 Å². The lowest BCUT2D eigenvalue weighted by atomic mass is 9.83. The number of methoxy groups -OCH3 is 1. The molecule has 0 bridgehead atoms. The fourth-order valence-electron chi connectivity index (χ4n) is 6.60. The number of hydrogen-bond donors (Lipinski definition) is 0. The zero-order valence-corrected chi connectivity index (χ0v) is 31.9. The molecule has 2 aliphatic heterocycles. The zero-order valence-electron chi connectivity index (χ0n) is 30.3. The third-order valence-corrected chi connectivity index (χ3v) is 9.72. The molecule has 4 heterocycles. The second-order valence-electron chi connectivity index (χ2n) is 15.1. The highest BCUT2D eigenvalue weighted by Crippen LogP contribution is 2.43. The van der Waals surface area contributed by atoms with Crippen molar-refractivity contribution < 1.29 is 33.3 Å². The van der Waals surface area contributed by atoms with Crippen molar-refractivity contribution in [3.8, 4) is 11.3 Å². The van der Waals surface area contributed by atoms with Gasteiger partial charge in [0.15, 0.2) is 0 Å². The first kappa shape index (κ1) is 37.3. The van der Waals surface area contributed by atoms with Crippen molar-refractivity contribution in [1.82, 2.24) is 14.5 Å². The van der Waals surface area contributed by atoms with Crippen LogP contribution in [0, 0.1) is 5.41 Å². The number of pyridine rings is 1. The van der Waals surface area contributed by atoms with E-state index in [0.29, 0.717) is 32.7 Å². The number of benzene rings is 1. The van der Waals surface area contributed by atoms with Gasteiger partial charge in [-0.2, -0.15) is 0 Å². The lowest BCUT2D eigenvalue weighted by Crippen LogP contribution is -2.50. The van der Waals surface area contributed by atoms with E-state index in [-0.39, 0.29) is 42.2 Å². The second-order valence-corrected chi connectivity index (χ2v) is 16.0. The molecule has 3 aromatic rings. The molecule has 10 nitrogen and oxygen atoms in total. The van der Waals surface area contributed by atoms with Gasteiger partial charge in [-0.3, -0.25) is 9.78 Å². The Bertz CT molecular complexity index is 1630. The van der Waals surface area contributed by atoms with E-state index in [4.69, 9.17) is 28.7 Å². The van der Waals surface area contributed by atoms with Gasteiger partial charge in [-0.1, -0.05) is 29.8 Å². The van der Waals surface area contributed by atoms with E-state index >= 15 is 0 Å². The molecule has 0 radical (unpaired) electrons. The molecule has 0 aliphatic carbocycles. The Labute approximate surface area is 298 Å². The van der Waals surface area contributed by atoms with Crippen molar-refractivity contribution in [3.05, 3.63) is 51.8 Å². The number of amides is 1. The normalized spacial score (nSPS) is 16.9. The molecule has 5 rings (SSSR count). The summed E-state index contributed by atoms with van der Waals surface area (Å²) in [5.41, 5.74) is 5.26. The van der Waals surface area contributed by atoms with Gasteiger partial charge in [-0.15, -0.1) is 0 Å². The average Bonchev–Trinajstić information content (AvgIpc) is 3.29. The first-order valence-electron chi connectivity index (χ1n) is 17.3. The second kappa shape index (κ2) is 15.5. The van der Waals surface area contributed by atoms with Crippen LogP contribution in [0.1, 0.15) is 90.2 Å². The first-order valence-corrected chi connectivity index (χ1v) is 18.1. The number of fused-ring (bicyclic) bond motifs is 1. The van der Waals surface area contributed by atoms with Gasteiger partial charge in [-0.25, -0.2) is 4.79 Å². The van der Waals surface area contributed by atoms with Crippen LogP contribution in [0.3, 0.4) is 0 Å². The number of esters is 1. The molecular weight excluding hydrogens is 690 g/mol. The molecule has 49 heavy (non-hydrogen) atoms. The Hall–Kier alpha value is -2.99. The average molecular weight is 743 g/mol. The van der Waals surface area contributed by atoms with Gasteiger partial charge in [0, 0.05) is 85.4 Å². The zero-order chi connectivity index (χ0) is 35.5. The number of aromatic nitrogens is 2. The summed E-state index contributed by atoms with van der Waals surface area (Å²) in [4.78, 5) is 31.4. The molecule has 1 amide bonds. The molecule has 1 aromatic carbocycles. The topological polar surface area (TPSA) is 101 Å².